The van der Waals surface area contributed by atoms with Crippen molar-refractivity contribution in [2.75, 3.05) is 18.9 Å². The van der Waals surface area contributed by atoms with Crippen molar-refractivity contribution in [3.05, 3.63) is 52.0 Å². The van der Waals surface area contributed by atoms with Crippen molar-refractivity contribution in [2.45, 2.75) is 13.8 Å². The molecule has 0 unspecified atom stereocenters. The highest BCUT2D eigenvalue weighted by molar-refractivity contribution is 6.36. The Balaban J connectivity index is 2.30. The molecule has 2 rings (SSSR count). The number of benzene rings is 2. The molecule has 22 heavy (non-hydrogen) atoms. The van der Waals surface area contributed by atoms with E-state index < -0.39 is 0 Å². The normalized spacial score (nSPS) is 11.0. The van der Waals surface area contributed by atoms with Crippen molar-refractivity contribution in [1.82, 2.24) is 4.90 Å². The second-order valence-electron chi connectivity index (χ2n) is 5.10. The Morgan fingerprint density at radius 3 is 2.50 bits per heavy atom. The van der Waals surface area contributed by atoms with E-state index in [0.29, 0.717) is 10.0 Å². The van der Waals surface area contributed by atoms with Crippen LogP contribution >= 0.6 is 23.2 Å². The Morgan fingerprint density at radius 2 is 1.86 bits per heavy atom. The summed E-state index contributed by atoms with van der Waals surface area (Å²) in [4.78, 5) is 6.45. The molecule has 2 aromatic carbocycles. The first-order valence-electron chi connectivity index (χ1n) is 7.06. The number of aryl methyl sites for hydroxylation is 1. The monoisotopic (exact) mass is 335 g/mol. The largest absolute Gasteiger partial charge is 0.366 e. The number of nitrogens with one attached hydrogen (secondary N) is 1. The van der Waals surface area contributed by atoms with Crippen molar-refractivity contribution in [2.24, 2.45) is 4.99 Å². The fraction of sp³-hybridized carbons (Fsp3) is 0.235. The molecular formula is C17H19Cl2N3. The molecule has 0 saturated carbocycles. The fourth-order valence-corrected chi connectivity index (χ4v) is 2.20. The lowest BCUT2D eigenvalue weighted by Gasteiger charge is -2.13. The average molecular weight is 336 g/mol. The van der Waals surface area contributed by atoms with Crippen LogP contribution in [0.25, 0.3) is 0 Å². The van der Waals surface area contributed by atoms with Crippen LogP contribution < -0.4 is 5.32 Å². The highest BCUT2D eigenvalue weighted by atomic mass is 35.5. The van der Waals surface area contributed by atoms with Crippen molar-refractivity contribution < 1.29 is 0 Å². The van der Waals surface area contributed by atoms with Gasteiger partial charge in [0, 0.05) is 24.3 Å². The van der Waals surface area contributed by atoms with E-state index in [1.165, 1.54) is 0 Å². The molecule has 0 aliphatic rings. The van der Waals surface area contributed by atoms with Gasteiger partial charge in [-0.2, -0.15) is 0 Å². The van der Waals surface area contributed by atoms with Gasteiger partial charge >= 0.3 is 0 Å². The highest BCUT2D eigenvalue weighted by Gasteiger charge is 2.08. The summed E-state index contributed by atoms with van der Waals surface area (Å²) >= 11 is 12.4. The fourth-order valence-electron chi connectivity index (χ4n) is 1.87. The molecular weight excluding hydrogens is 317 g/mol. The maximum Gasteiger partial charge on any atom is 0.0910 e. The van der Waals surface area contributed by atoms with Crippen molar-refractivity contribution in [1.29, 1.82) is 0 Å². The summed E-state index contributed by atoms with van der Waals surface area (Å²) in [6, 6.07) is 11.5. The Kier molecular flexibility index (Phi) is 5.69. The molecule has 0 heterocycles. The third kappa shape index (κ3) is 4.39. The van der Waals surface area contributed by atoms with Gasteiger partial charge in [0.2, 0.25) is 0 Å². The van der Waals surface area contributed by atoms with Gasteiger partial charge in [0.15, 0.2) is 0 Å². The van der Waals surface area contributed by atoms with E-state index in [1.54, 1.807) is 6.34 Å². The number of hydrogen-bond donors (Lipinski definition) is 1. The molecule has 2 aromatic rings. The summed E-state index contributed by atoms with van der Waals surface area (Å²) < 4.78 is 0. The van der Waals surface area contributed by atoms with Crippen LogP contribution in [0, 0.1) is 6.92 Å². The van der Waals surface area contributed by atoms with Crippen LogP contribution in [0.2, 0.25) is 10.0 Å². The third-order valence-corrected chi connectivity index (χ3v) is 3.86. The lowest BCUT2D eigenvalue weighted by atomic mass is 10.2. The maximum atomic E-state index is 6.47. The minimum absolute atomic E-state index is 0.598. The predicted molar refractivity (Wildman–Crippen MR) is 97.4 cm³/mol. The van der Waals surface area contributed by atoms with Gasteiger partial charge in [-0.1, -0.05) is 23.2 Å². The van der Waals surface area contributed by atoms with Gasteiger partial charge in [0.05, 0.1) is 22.7 Å². The van der Waals surface area contributed by atoms with E-state index in [-0.39, 0.29) is 0 Å². The third-order valence-electron chi connectivity index (χ3n) is 3.21. The van der Waals surface area contributed by atoms with Crippen LogP contribution in [-0.4, -0.2) is 24.8 Å². The molecule has 0 bridgehead atoms. The quantitative estimate of drug-likeness (QED) is 0.564. The summed E-state index contributed by atoms with van der Waals surface area (Å²) in [6.07, 6.45) is 1.78. The first-order valence-corrected chi connectivity index (χ1v) is 7.82. The lowest BCUT2D eigenvalue weighted by molar-refractivity contribution is 0.552. The number of rotatable bonds is 5. The van der Waals surface area contributed by atoms with Gasteiger partial charge in [-0.3, -0.25) is 0 Å². The van der Waals surface area contributed by atoms with E-state index in [2.05, 4.69) is 17.2 Å². The second kappa shape index (κ2) is 7.52. The second-order valence-corrected chi connectivity index (χ2v) is 5.91. The maximum absolute atomic E-state index is 6.47. The van der Waals surface area contributed by atoms with Gasteiger partial charge in [-0.15, -0.1) is 0 Å². The molecule has 3 nitrogen and oxygen atoms in total. The zero-order chi connectivity index (χ0) is 16.1. The molecule has 0 aliphatic heterocycles. The van der Waals surface area contributed by atoms with E-state index in [9.17, 15) is 0 Å². The van der Waals surface area contributed by atoms with Crippen molar-refractivity contribution in [3.63, 3.8) is 0 Å². The Labute approximate surface area is 141 Å². The summed E-state index contributed by atoms with van der Waals surface area (Å²) in [5.41, 5.74) is 3.60. The standard InChI is InChI=1S/C17H19Cl2N3/c1-4-22(3)11-20-15-9-12(2)10-16(17(15)19)21-14-7-5-13(18)6-8-14/h5-11,21H,4H2,1-3H3. The number of anilines is 2. The summed E-state index contributed by atoms with van der Waals surface area (Å²) in [7, 11) is 1.97. The first kappa shape index (κ1) is 16.7. The first-order chi connectivity index (χ1) is 10.5. The van der Waals surface area contributed by atoms with Gasteiger partial charge in [0.1, 0.15) is 0 Å². The van der Waals surface area contributed by atoms with Crippen LogP contribution in [-0.2, 0) is 0 Å². The molecule has 1 N–H and O–H groups in total. The molecule has 116 valence electrons. The smallest absolute Gasteiger partial charge is 0.0910 e. The molecule has 0 saturated heterocycles. The van der Waals surface area contributed by atoms with E-state index in [0.717, 1.165) is 29.2 Å². The predicted octanol–water partition coefficient (Wildman–Crippen LogP) is 5.66. The number of hydrogen-bond acceptors (Lipinski definition) is 2. The minimum atomic E-state index is 0.598. The van der Waals surface area contributed by atoms with Crippen LogP contribution in [0.3, 0.4) is 0 Å². The van der Waals surface area contributed by atoms with Gasteiger partial charge in [0.25, 0.3) is 0 Å². The molecule has 5 heteroatoms. The van der Waals surface area contributed by atoms with E-state index in [1.807, 2.05) is 55.3 Å². The highest BCUT2D eigenvalue weighted by Crippen LogP contribution is 2.35. The van der Waals surface area contributed by atoms with E-state index >= 15 is 0 Å². The molecule has 0 amide bonds. The summed E-state index contributed by atoms with van der Waals surface area (Å²) in [5, 5.41) is 4.61. The van der Waals surface area contributed by atoms with Crippen molar-refractivity contribution in [3.8, 4) is 0 Å². The zero-order valence-electron chi connectivity index (χ0n) is 12.9. The lowest BCUT2D eigenvalue weighted by Crippen LogP contribution is -2.14. The Hall–Kier alpha value is -1.71. The molecule has 0 atom stereocenters. The van der Waals surface area contributed by atoms with Crippen LogP contribution in [0.1, 0.15) is 12.5 Å². The van der Waals surface area contributed by atoms with Gasteiger partial charge < -0.3 is 10.2 Å². The Bertz CT molecular complexity index is 666. The summed E-state index contributed by atoms with van der Waals surface area (Å²) in [5.74, 6) is 0. The molecule has 0 fully saturated rings. The molecule has 0 aliphatic carbocycles. The van der Waals surface area contributed by atoms with Gasteiger partial charge in [-0.25, -0.2) is 4.99 Å². The molecule has 0 spiro atoms. The molecule has 0 aromatic heterocycles. The SMILES string of the molecule is CCN(C)C=Nc1cc(C)cc(Nc2ccc(Cl)cc2)c1Cl. The zero-order valence-corrected chi connectivity index (χ0v) is 14.4. The number of nitrogens with zero attached hydrogens (tertiary/aromatic N) is 2. The van der Waals surface area contributed by atoms with Crippen molar-refractivity contribution >= 4 is 46.6 Å². The van der Waals surface area contributed by atoms with E-state index in [4.69, 9.17) is 23.2 Å². The topological polar surface area (TPSA) is 27.6 Å². The van der Waals surface area contributed by atoms with Crippen LogP contribution in [0.4, 0.5) is 17.1 Å². The van der Waals surface area contributed by atoms with Crippen LogP contribution in [0.5, 0.6) is 0 Å². The summed E-state index contributed by atoms with van der Waals surface area (Å²) in [6.45, 7) is 4.98. The average Bonchev–Trinajstić information content (AvgIpc) is 2.50. The van der Waals surface area contributed by atoms with Gasteiger partial charge in [-0.05, 0) is 55.8 Å². The number of halogens is 2. The number of aliphatic imine (C=N–C) groups is 1. The Morgan fingerprint density at radius 1 is 1.18 bits per heavy atom. The van der Waals surface area contributed by atoms with Crippen LogP contribution in [0.15, 0.2) is 41.4 Å². The molecule has 0 radical (unpaired) electrons. The minimum Gasteiger partial charge on any atom is -0.366 e.